The number of hydrogen-bond donors (Lipinski definition) is 2. The van der Waals surface area contributed by atoms with Crippen molar-refractivity contribution in [3.63, 3.8) is 0 Å². The van der Waals surface area contributed by atoms with Crippen LogP contribution in [-0.4, -0.2) is 16.0 Å². The maximum Gasteiger partial charge on any atom is 0.163 e. The number of anilines is 2. The van der Waals surface area contributed by atoms with Crippen molar-refractivity contribution in [2.75, 3.05) is 11.1 Å². The maximum atomic E-state index is 5.90. The van der Waals surface area contributed by atoms with Gasteiger partial charge in [0.1, 0.15) is 11.6 Å². The van der Waals surface area contributed by atoms with Crippen LogP contribution in [0.4, 0.5) is 11.6 Å². The predicted molar refractivity (Wildman–Crippen MR) is 89.1 cm³/mol. The molecular weight excluding hydrogens is 260 g/mol. The molecule has 0 fully saturated rings. The van der Waals surface area contributed by atoms with Gasteiger partial charge in [0.15, 0.2) is 5.82 Å². The molecule has 1 atom stereocenters. The van der Waals surface area contributed by atoms with Crippen LogP contribution >= 0.6 is 0 Å². The number of nitrogens with zero attached hydrogens (tertiary/aromatic N) is 2. The Labute approximate surface area is 126 Å². The van der Waals surface area contributed by atoms with Crippen molar-refractivity contribution in [3.8, 4) is 11.4 Å². The number of unbranched alkanes of at least 4 members (excludes halogenated alkanes) is 2. The zero-order valence-electron chi connectivity index (χ0n) is 12.8. The highest BCUT2D eigenvalue weighted by Crippen LogP contribution is 2.19. The summed E-state index contributed by atoms with van der Waals surface area (Å²) in [4.78, 5) is 8.88. The molecule has 1 unspecified atom stereocenters. The van der Waals surface area contributed by atoms with Crippen molar-refractivity contribution < 1.29 is 0 Å². The third kappa shape index (κ3) is 4.74. The van der Waals surface area contributed by atoms with Gasteiger partial charge < -0.3 is 11.1 Å². The molecule has 1 aromatic carbocycles. The summed E-state index contributed by atoms with van der Waals surface area (Å²) in [7, 11) is 0. The molecule has 0 aliphatic heterocycles. The van der Waals surface area contributed by atoms with Gasteiger partial charge in [-0.05, 0) is 13.3 Å². The summed E-state index contributed by atoms with van der Waals surface area (Å²) in [6, 6.07) is 12.1. The summed E-state index contributed by atoms with van der Waals surface area (Å²) in [5.41, 5.74) is 6.88. The fraction of sp³-hybridized carbons (Fsp3) is 0.412. The Balaban J connectivity index is 2.09. The first-order valence-corrected chi connectivity index (χ1v) is 7.65. The molecule has 1 aromatic heterocycles. The van der Waals surface area contributed by atoms with Gasteiger partial charge >= 0.3 is 0 Å². The largest absolute Gasteiger partial charge is 0.384 e. The summed E-state index contributed by atoms with van der Waals surface area (Å²) in [5, 5.41) is 3.42. The summed E-state index contributed by atoms with van der Waals surface area (Å²) < 4.78 is 0. The van der Waals surface area contributed by atoms with Gasteiger partial charge in [-0.15, -0.1) is 0 Å². The Kier molecular flexibility index (Phi) is 5.55. The molecule has 0 aliphatic rings. The van der Waals surface area contributed by atoms with E-state index >= 15 is 0 Å². The predicted octanol–water partition coefficient (Wildman–Crippen LogP) is 4.11. The maximum absolute atomic E-state index is 5.90. The Morgan fingerprint density at radius 1 is 1.14 bits per heavy atom. The van der Waals surface area contributed by atoms with Crippen LogP contribution in [-0.2, 0) is 0 Å². The van der Waals surface area contributed by atoms with E-state index in [9.17, 15) is 0 Å². The van der Waals surface area contributed by atoms with E-state index in [-0.39, 0.29) is 0 Å². The van der Waals surface area contributed by atoms with Crippen molar-refractivity contribution in [1.82, 2.24) is 9.97 Å². The summed E-state index contributed by atoms with van der Waals surface area (Å²) in [6.07, 6.45) is 4.88. The topological polar surface area (TPSA) is 63.8 Å². The number of nitrogens with one attached hydrogen (secondary N) is 1. The SMILES string of the molecule is CCCCCC(C)Nc1cc(N)nc(-c2ccccc2)n1. The van der Waals surface area contributed by atoms with Gasteiger partial charge in [-0.1, -0.05) is 56.5 Å². The second-order valence-electron chi connectivity index (χ2n) is 5.41. The van der Waals surface area contributed by atoms with Gasteiger partial charge in [0.2, 0.25) is 0 Å². The first kappa shape index (κ1) is 15.3. The fourth-order valence-corrected chi connectivity index (χ4v) is 2.28. The number of nitrogens with two attached hydrogens (primary N) is 1. The minimum Gasteiger partial charge on any atom is -0.384 e. The average molecular weight is 284 g/mol. The van der Waals surface area contributed by atoms with Gasteiger partial charge in [-0.3, -0.25) is 0 Å². The minimum atomic E-state index is 0.384. The zero-order valence-corrected chi connectivity index (χ0v) is 12.8. The van der Waals surface area contributed by atoms with E-state index in [0.29, 0.717) is 17.7 Å². The lowest BCUT2D eigenvalue weighted by atomic mass is 10.1. The van der Waals surface area contributed by atoms with Gasteiger partial charge in [-0.25, -0.2) is 9.97 Å². The molecule has 0 radical (unpaired) electrons. The Hall–Kier alpha value is -2.10. The van der Waals surface area contributed by atoms with Crippen LogP contribution in [0.15, 0.2) is 36.4 Å². The van der Waals surface area contributed by atoms with Crippen LogP contribution in [0.5, 0.6) is 0 Å². The molecule has 2 aromatic rings. The second kappa shape index (κ2) is 7.62. The first-order chi connectivity index (χ1) is 10.2. The third-order valence-electron chi connectivity index (χ3n) is 3.41. The van der Waals surface area contributed by atoms with Crippen LogP contribution < -0.4 is 11.1 Å². The molecule has 2 rings (SSSR count). The molecule has 0 saturated heterocycles. The molecule has 3 N–H and O–H groups in total. The van der Waals surface area contributed by atoms with E-state index in [2.05, 4.69) is 29.1 Å². The van der Waals surface area contributed by atoms with Gasteiger partial charge in [0, 0.05) is 17.7 Å². The van der Waals surface area contributed by atoms with Gasteiger partial charge in [0.05, 0.1) is 0 Å². The molecular formula is C17H24N4. The molecule has 21 heavy (non-hydrogen) atoms. The van der Waals surface area contributed by atoms with Crippen LogP contribution in [0.1, 0.15) is 39.5 Å². The summed E-state index contributed by atoms with van der Waals surface area (Å²) >= 11 is 0. The molecule has 112 valence electrons. The molecule has 0 bridgehead atoms. The quantitative estimate of drug-likeness (QED) is 0.751. The number of aromatic nitrogens is 2. The van der Waals surface area contributed by atoms with Crippen LogP contribution in [0, 0.1) is 0 Å². The molecule has 0 spiro atoms. The molecule has 0 saturated carbocycles. The summed E-state index contributed by atoms with van der Waals surface area (Å²) in [6.45, 7) is 4.39. The van der Waals surface area contributed by atoms with Crippen LogP contribution in [0.2, 0.25) is 0 Å². The average Bonchev–Trinajstić information content (AvgIpc) is 2.48. The Bertz CT molecular complexity index is 554. The van der Waals surface area contributed by atoms with Crippen molar-refractivity contribution in [2.45, 2.75) is 45.6 Å². The lowest BCUT2D eigenvalue weighted by Gasteiger charge is -2.15. The molecule has 0 aliphatic carbocycles. The lowest BCUT2D eigenvalue weighted by Crippen LogP contribution is -2.16. The van der Waals surface area contributed by atoms with Crippen molar-refractivity contribution in [3.05, 3.63) is 36.4 Å². The highest BCUT2D eigenvalue weighted by molar-refractivity contribution is 5.60. The molecule has 4 heteroatoms. The highest BCUT2D eigenvalue weighted by atomic mass is 15.1. The highest BCUT2D eigenvalue weighted by Gasteiger charge is 2.07. The van der Waals surface area contributed by atoms with E-state index in [1.54, 1.807) is 6.07 Å². The standard InChI is InChI=1S/C17H24N4/c1-3-4-6-9-13(2)19-16-12-15(18)20-17(21-16)14-10-7-5-8-11-14/h5,7-8,10-13H,3-4,6,9H2,1-2H3,(H3,18,19,20,21). The molecule has 1 heterocycles. The van der Waals surface area contributed by atoms with Crippen molar-refractivity contribution in [2.24, 2.45) is 0 Å². The minimum absolute atomic E-state index is 0.384. The Morgan fingerprint density at radius 2 is 1.90 bits per heavy atom. The Morgan fingerprint density at radius 3 is 2.62 bits per heavy atom. The fourth-order valence-electron chi connectivity index (χ4n) is 2.28. The van der Waals surface area contributed by atoms with Gasteiger partial charge in [0.25, 0.3) is 0 Å². The number of benzene rings is 1. The van der Waals surface area contributed by atoms with Gasteiger partial charge in [-0.2, -0.15) is 0 Å². The smallest absolute Gasteiger partial charge is 0.163 e. The number of nitrogen functional groups attached to an aromatic ring is 1. The van der Waals surface area contributed by atoms with E-state index in [1.165, 1.54) is 19.3 Å². The number of hydrogen-bond acceptors (Lipinski definition) is 4. The van der Waals surface area contributed by atoms with E-state index < -0.39 is 0 Å². The lowest BCUT2D eigenvalue weighted by molar-refractivity contribution is 0.614. The zero-order chi connectivity index (χ0) is 15.1. The second-order valence-corrected chi connectivity index (χ2v) is 5.41. The number of rotatable bonds is 7. The summed E-state index contributed by atoms with van der Waals surface area (Å²) in [5.74, 6) is 1.95. The van der Waals surface area contributed by atoms with E-state index in [1.807, 2.05) is 30.3 Å². The van der Waals surface area contributed by atoms with Crippen molar-refractivity contribution >= 4 is 11.6 Å². The third-order valence-corrected chi connectivity index (χ3v) is 3.41. The monoisotopic (exact) mass is 284 g/mol. The normalized spacial score (nSPS) is 12.1. The first-order valence-electron chi connectivity index (χ1n) is 7.65. The van der Waals surface area contributed by atoms with Crippen LogP contribution in [0.25, 0.3) is 11.4 Å². The van der Waals surface area contributed by atoms with Crippen molar-refractivity contribution in [1.29, 1.82) is 0 Å². The molecule has 0 amide bonds. The molecule has 4 nitrogen and oxygen atoms in total. The van der Waals surface area contributed by atoms with Crippen LogP contribution in [0.3, 0.4) is 0 Å². The van der Waals surface area contributed by atoms with E-state index in [4.69, 9.17) is 5.73 Å². The van der Waals surface area contributed by atoms with E-state index in [0.717, 1.165) is 17.8 Å².